The topological polar surface area (TPSA) is 36.9 Å². The summed E-state index contributed by atoms with van der Waals surface area (Å²) in [5.41, 5.74) is 2.55. The number of hydrogen-bond donors (Lipinski definition) is 1. The predicted octanol–water partition coefficient (Wildman–Crippen LogP) is 5.59. The van der Waals surface area contributed by atoms with Gasteiger partial charge in [0, 0.05) is 35.8 Å². The standard InChI is InChI=1S/C22H24ClN3OS/c1-15-6-4-5-7-18(15)24-19-22(12-13-27-21(2,3)14-22)26(20(28)25-19)17-10-8-16(23)9-11-17/h4-11H,12-14H2,1-3H3,(H,24,25,28). The highest BCUT2D eigenvalue weighted by atomic mass is 35.5. The van der Waals surface area contributed by atoms with Crippen LogP contribution in [0.25, 0.3) is 0 Å². The van der Waals surface area contributed by atoms with E-state index in [4.69, 9.17) is 33.5 Å². The lowest BCUT2D eigenvalue weighted by atomic mass is 9.79. The van der Waals surface area contributed by atoms with Gasteiger partial charge >= 0.3 is 0 Å². The number of aryl methyl sites for hydroxylation is 1. The normalized spacial score (nSPS) is 23.8. The summed E-state index contributed by atoms with van der Waals surface area (Å²) in [7, 11) is 0. The Morgan fingerprint density at radius 3 is 2.54 bits per heavy atom. The first kappa shape index (κ1) is 19.4. The quantitative estimate of drug-likeness (QED) is 0.651. The van der Waals surface area contributed by atoms with Gasteiger partial charge in [0.15, 0.2) is 0 Å². The number of nitrogens with one attached hydrogen (secondary N) is 1. The predicted molar refractivity (Wildman–Crippen MR) is 121 cm³/mol. The third-order valence-electron chi connectivity index (χ3n) is 5.48. The molecule has 0 aliphatic carbocycles. The average molecular weight is 414 g/mol. The minimum absolute atomic E-state index is 0.281. The molecular weight excluding hydrogens is 390 g/mol. The van der Waals surface area contributed by atoms with E-state index in [0.717, 1.165) is 30.1 Å². The summed E-state index contributed by atoms with van der Waals surface area (Å²) in [6.45, 7) is 6.99. The number of rotatable bonds is 2. The smallest absolute Gasteiger partial charge is 0.202 e. The fourth-order valence-electron chi connectivity index (χ4n) is 4.20. The summed E-state index contributed by atoms with van der Waals surface area (Å²) < 4.78 is 6.04. The van der Waals surface area contributed by atoms with Crippen LogP contribution >= 0.6 is 23.8 Å². The third-order valence-corrected chi connectivity index (χ3v) is 6.00. The van der Waals surface area contributed by atoms with Crippen molar-refractivity contribution in [1.29, 1.82) is 0 Å². The largest absolute Gasteiger partial charge is 0.375 e. The average Bonchev–Trinajstić information content (AvgIpc) is 2.88. The summed E-state index contributed by atoms with van der Waals surface area (Å²) in [5, 5.41) is 4.86. The number of amidine groups is 1. The molecule has 146 valence electrons. The first-order chi connectivity index (χ1) is 13.3. The Kier molecular flexibility index (Phi) is 4.94. The molecule has 1 unspecified atom stereocenters. The lowest BCUT2D eigenvalue weighted by molar-refractivity contribution is -0.0661. The van der Waals surface area contributed by atoms with Crippen LogP contribution < -0.4 is 10.2 Å². The van der Waals surface area contributed by atoms with Gasteiger partial charge < -0.3 is 15.0 Å². The molecule has 1 N–H and O–H groups in total. The molecule has 1 saturated heterocycles. The second kappa shape index (κ2) is 7.14. The van der Waals surface area contributed by atoms with Gasteiger partial charge in [-0.05, 0) is 68.9 Å². The maximum Gasteiger partial charge on any atom is 0.202 e. The molecule has 0 amide bonds. The van der Waals surface area contributed by atoms with Crippen molar-refractivity contribution >= 4 is 46.1 Å². The minimum atomic E-state index is -0.380. The number of thiocarbonyl (C=S) groups is 1. The second-order valence-corrected chi connectivity index (χ2v) is 8.86. The van der Waals surface area contributed by atoms with Crippen LogP contribution in [-0.4, -0.2) is 28.7 Å². The maximum absolute atomic E-state index is 6.12. The molecule has 6 heteroatoms. The Bertz CT molecular complexity index is 941. The molecule has 2 aliphatic rings. The molecule has 1 fully saturated rings. The molecule has 1 spiro atoms. The van der Waals surface area contributed by atoms with Crippen molar-refractivity contribution in [3.05, 3.63) is 59.1 Å². The number of anilines is 2. The number of benzene rings is 2. The Morgan fingerprint density at radius 1 is 1.14 bits per heavy atom. The van der Waals surface area contributed by atoms with Crippen LogP contribution in [0.5, 0.6) is 0 Å². The van der Waals surface area contributed by atoms with Gasteiger partial charge in [0.1, 0.15) is 11.4 Å². The molecule has 0 bridgehead atoms. The van der Waals surface area contributed by atoms with E-state index in [2.05, 4.69) is 43.1 Å². The van der Waals surface area contributed by atoms with Crippen LogP contribution in [0.4, 0.5) is 11.4 Å². The number of nitrogens with zero attached hydrogens (tertiary/aromatic N) is 2. The van der Waals surface area contributed by atoms with Gasteiger partial charge in [0.05, 0.1) is 5.60 Å². The van der Waals surface area contributed by atoms with Crippen LogP contribution in [0.2, 0.25) is 5.02 Å². The zero-order valence-electron chi connectivity index (χ0n) is 16.3. The molecule has 0 saturated carbocycles. The van der Waals surface area contributed by atoms with E-state index in [1.165, 1.54) is 5.56 Å². The van der Waals surface area contributed by atoms with Crippen molar-refractivity contribution in [2.45, 2.75) is 44.8 Å². The van der Waals surface area contributed by atoms with Crippen molar-refractivity contribution in [2.75, 3.05) is 16.8 Å². The van der Waals surface area contributed by atoms with E-state index in [0.29, 0.717) is 16.7 Å². The summed E-state index contributed by atoms with van der Waals surface area (Å²) in [5.74, 6) is 0.887. The summed E-state index contributed by atoms with van der Waals surface area (Å²) in [4.78, 5) is 6.99. The Hall–Kier alpha value is -1.95. The lowest BCUT2D eigenvalue weighted by Crippen LogP contribution is -2.60. The van der Waals surface area contributed by atoms with Gasteiger partial charge in [-0.25, -0.2) is 4.99 Å². The highest BCUT2D eigenvalue weighted by Gasteiger charge is 2.53. The zero-order chi connectivity index (χ0) is 19.9. The van der Waals surface area contributed by atoms with E-state index in [1.54, 1.807) is 0 Å². The molecule has 4 nitrogen and oxygen atoms in total. The SMILES string of the molecule is Cc1ccccc1NC1=NC(=S)N(c2ccc(Cl)cc2)C12CCOC(C)(C)C2. The van der Waals surface area contributed by atoms with Crippen LogP contribution in [0.1, 0.15) is 32.3 Å². The number of para-hydroxylation sites is 1. The summed E-state index contributed by atoms with van der Waals surface area (Å²) in [6, 6.07) is 16.0. The minimum Gasteiger partial charge on any atom is -0.375 e. The van der Waals surface area contributed by atoms with Crippen LogP contribution in [-0.2, 0) is 4.74 Å². The monoisotopic (exact) mass is 413 g/mol. The number of aliphatic imine (C=N–C) groups is 1. The van der Waals surface area contributed by atoms with Gasteiger partial charge in [-0.3, -0.25) is 0 Å². The summed E-state index contributed by atoms with van der Waals surface area (Å²) in [6.07, 6.45) is 1.58. The van der Waals surface area contributed by atoms with E-state index < -0.39 is 0 Å². The fraction of sp³-hybridized carbons (Fsp3) is 0.364. The molecule has 2 aromatic carbocycles. The van der Waals surface area contributed by atoms with E-state index >= 15 is 0 Å². The molecule has 2 aromatic rings. The van der Waals surface area contributed by atoms with Crippen molar-refractivity contribution in [3.8, 4) is 0 Å². The lowest BCUT2D eigenvalue weighted by Gasteiger charge is -2.48. The fourth-order valence-corrected chi connectivity index (χ4v) is 4.70. The van der Waals surface area contributed by atoms with Gasteiger partial charge in [-0.1, -0.05) is 29.8 Å². The zero-order valence-corrected chi connectivity index (χ0v) is 17.9. The molecule has 4 rings (SSSR count). The van der Waals surface area contributed by atoms with E-state index in [-0.39, 0.29) is 11.1 Å². The second-order valence-electron chi connectivity index (χ2n) is 8.06. The Labute approximate surface area is 176 Å². The highest BCUT2D eigenvalue weighted by Crippen LogP contribution is 2.44. The van der Waals surface area contributed by atoms with Gasteiger partial charge in [-0.2, -0.15) is 0 Å². The number of hydrogen-bond acceptors (Lipinski definition) is 3. The van der Waals surface area contributed by atoms with E-state index in [1.807, 2.05) is 36.4 Å². The van der Waals surface area contributed by atoms with Crippen LogP contribution in [0, 0.1) is 6.92 Å². The third kappa shape index (κ3) is 3.43. The first-order valence-electron chi connectivity index (χ1n) is 9.46. The molecule has 2 aliphatic heterocycles. The van der Waals surface area contributed by atoms with Gasteiger partial charge in [0.25, 0.3) is 0 Å². The van der Waals surface area contributed by atoms with Crippen LogP contribution in [0.3, 0.4) is 0 Å². The highest BCUT2D eigenvalue weighted by molar-refractivity contribution is 7.80. The molecular formula is C22H24ClN3OS. The Morgan fingerprint density at radius 2 is 1.86 bits per heavy atom. The molecule has 0 aromatic heterocycles. The Balaban J connectivity index is 1.79. The van der Waals surface area contributed by atoms with Crippen molar-refractivity contribution in [2.24, 2.45) is 4.99 Å². The van der Waals surface area contributed by atoms with Crippen molar-refractivity contribution < 1.29 is 4.74 Å². The maximum atomic E-state index is 6.12. The number of ether oxygens (including phenoxy) is 1. The van der Waals surface area contributed by atoms with Gasteiger partial charge in [-0.15, -0.1) is 0 Å². The van der Waals surface area contributed by atoms with Crippen molar-refractivity contribution in [3.63, 3.8) is 0 Å². The summed E-state index contributed by atoms with van der Waals surface area (Å²) >= 11 is 11.9. The first-order valence-corrected chi connectivity index (χ1v) is 10.2. The number of halogens is 1. The molecule has 2 heterocycles. The van der Waals surface area contributed by atoms with Crippen LogP contribution in [0.15, 0.2) is 53.5 Å². The van der Waals surface area contributed by atoms with Gasteiger partial charge in [0.2, 0.25) is 5.11 Å². The molecule has 0 radical (unpaired) electrons. The molecule has 1 atom stereocenters. The van der Waals surface area contributed by atoms with Crippen molar-refractivity contribution in [1.82, 2.24) is 0 Å². The van der Waals surface area contributed by atoms with E-state index in [9.17, 15) is 0 Å². The molecule has 28 heavy (non-hydrogen) atoms.